The van der Waals surface area contributed by atoms with Gasteiger partial charge in [-0.1, -0.05) is 6.92 Å². The number of halogens is 1. The summed E-state index contributed by atoms with van der Waals surface area (Å²) in [7, 11) is -3.71. The fourth-order valence-corrected chi connectivity index (χ4v) is 4.68. The molecule has 2 aliphatic heterocycles. The molecule has 144 valence electrons. The molecule has 2 aliphatic rings. The number of nitrogens with one attached hydrogen (secondary N) is 1. The number of benzene rings is 1. The Kier molecular flexibility index (Phi) is 5.50. The maximum absolute atomic E-state index is 13.1. The molecular weight excluding hydrogens is 361 g/mol. The van der Waals surface area contributed by atoms with E-state index in [1.807, 2.05) is 13.8 Å². The fourth-order valence-electron chi connectivity index (χ4n) is 3.18. The van der Waals surface area contributed by atoms with Crippen LogP contribution in [0.3, 0.4) is 0 Å². The molecular formula is C17H24FN3O4S. The van der Waals surface area contributed by atoms with Crippen molar-refractivity contribution in [1.82, 2.24) is 14.5 Å². The smallest absolute Gasteiger partial charge is 0.317 e. The normalized spacial score (nSPS) is 25.0. The van der Waals surface area contributed by atoms with E-state index in [1.165, 1.54) is 16.4 Å². The number of amides is 2. The van der Waals surface area contributed by atoms with Gasteiger partial charge in [0, 0.05) is 19.1 Å². The summed E-state index contributed by atoms with van der Waals surface area (Å²) < 4.78 is 45.8. The van der Waals surface area contributed by atoms with Crippen LogP contribution in [-0.2, 0) is 14.8 Å². The number of fused-ring (bicyclic) bond motifs is 2. The zero-order chi connectivity index (χ0) is 18.9. The molecule has 1 aromatic rings. The minimum absolute atomic E-state index is 0.0604. The first-order chi connectivity index (χ1) is 12.3. The van der Waals surface area contributed by atoms with Gasteiger partial charge in [0.2, 0.25) is 10.0 Å². The van der Waals surface area contributed by atoms with Gasteiger partial charge in [-0.2, -0.15) is 4.31 Å². The van der Waals surface area contributed by atoms with E-state index >= 15 is 0 Å². The molecule has 2 heterocycles. The Hall–Kier alpha value is -1.71. The third-order valence-corrected chi connectivity index (χ3v) is 6.61. The molecule has 0 spiro atoms. The molecule has 2 saturated heterocycles. The number of carbonyl (C=O) groups is 1. The molecule has 3 rings (SSSR count). The van der Waals surface area contributed by atoms with E-state index in [9.17, 15) is 17.6 Å². The van der Waals surface area contributed by atoms with Crippen molar-refractivity contribution in [3.05, 3.63) is 30.1 Å². The van der Waals surface area contributed by atoms with E-state index in [0.717, 1.165) is 18.6 Å². The standard InChI is InChI=1S/C17H24FN3O4S/c1-3-12(2)19-17(22)20-8-14-10-21(11-15(9-20)25-14)26(23,24)16-6-4-13(18)5-7-16/h4-7,12,14-15H,3,8-11H2,1-2H3,(H,19,22)/t12?,14-,15+. The fraction of sp³-hybridized carbons (Fsp3) is 0.588. The number of morpholine rings is 2. The highest BCUT2D eigenvalue weighted by molar-refractivity contribution is 7.89. The van der Waals surface area contributed by atoms with Gasteiger partial charge in [0.05, 0.1) is 30.2 Å². The van der Waals surface area contributed by atoms with Crippen LogP contribution in [0.4, 0.5) is 9.18 Å². The van der Waals surface area contributed by atoms with Gasteiger partial charge in [-0.15, -0.1) is 0 Å². The molecule has 0 saturated carbocycles. The second-order valence-corrected chi connectivity index (χ2v) is 8.76. The third-order valence-electron chi connectivity index (χ3n) is 4.77. The average molecular weight is 385 g/mol. The van der Waals surface area contributed by atoms with Crippen LogP contribution in [0.1, 0.15) is 20.3 Å². The predicted octanol–water partition coefficient (Wildman–Crippen LogP) is 1.41. The third kappa shape index (κ3) is 3.99. The second kappa shape index (κ2) is 7.50. The van der Waals surface area contributed by atoms with E-state index in [0.29, 0.717) is 13.1 Å². The topological polar surface area (TPSA) is 79.0 Å². The van der Waals surface area contributed by atoms with Crippen molar-refractivity contribution in [3.8, 4) is 0 Å². The van der Waals surface area contributed by atoms with Crippen LogP contribution >= 0.6 is 0 Å². The number of carbonyl (C=O) groups excluding carboxylic acids is 1. The maximum atomic E-state index is 13.1. The number of urea groups is 1. The Morgan fingerprint density at radius 2 is 1.81 bits per heavy atom. The van der Waals surface area contributed by atoms with Crippen molar-refractivity contribution in [3.63, 3.8) is 0 Å². The summed E-state index contributed by atoms with van der Waals surface area (Å²) in [5, 5.41) is 2.93. The van der Waals surface area contributed by atoms with Crippen LogP contribution in [0.5, 0.6) is 0 Å². The van der Waals surface area contributed by atoms with Crippen LogP contribution < -0.4 is 5.32 Å². The van der Waals surface area contributed by atoms with Crippen molar-refractivity contribution in [2.75, 3.05) is 26.2 Å². The molecule has 2 amide bonds. The first kappa shape index (κ1) is 19.1. The summed E-state index contributed by atoms with van der Waals surface area (Å²) >= 11 is 0. The molecule has 2 bridgehead atoms. The molecule has 1 N–H and O–H groups in total. The molecule has 9 heteroatoms. The average Bonchev–Trinajstić information content (AvgIpc) is 2.61. The highest BCUT2D eigenvalue weighted by Gasteiger charge is 2.41. The number of nitrogens with zero attached hydrogens (tertiary/aromatic N) is 2. The molecule has 7 nitrogen and oxygen atoms in total. The zero-order valence-corrected chi connectivity index (χ0v) is 15.7. The van der Waals surface area contributed by atoms with Crippen LogP contribution in [0.2, 0.25) is 0 Å². The van der Waals surface area contributed by atoms with E-state index in [1.54, 1.807) is 4.90 Å². The minimum atomic E-state index is -3.71. The molecule has 0 aliphatic carbocycles. The quantitative estimate of drug-likeness (QED) is 0.850. The Balaban J connectivity index is 1.68. The van der Waals surface area contributed by atoms with Crippen LogP contribution in [-0.4, -0.2) is 68.1 Å². The van der Waals surface area contributed by atoms with E-state index in [4.69, 9.17) is 4.74 Å². The first-order valence-electron chi connectivity index (χ1n) is 8.76. The number of sulfonamides is 1. The lowest BCUT2D eigenvalue weighted by molar-refractivity contribution is -0.111. The van der Waals surface area contributed by atoms with Gasteiger partial charge in [-0.25, -0.2) is 17.6 Å². The van der Waals surface area contributed by atoms with Crippen LogP contribution in [0.15, 0.2) is 29.2 Å². The lowest BCUT2D eigenvalue weighted by atomic mass is 10.1. The van der Waals surface area contributed by atoms with Crippen LogP contribution in [0, 0.1) is 5.82 Å². The lowest BCUT2D eigenvalue weighted by Gasteiger charge is -2.45. The summed E-state index contributed by atoms with van der Waals surface area (Å²) in [5.74, 6) is -0.481. The number of hydrogen-bond donors (Lipinski definition) is 1. The monoisotopic (exact) mass is 385 g/mol. The van der Waals surface area contributed by atoms with E-state index in [-0.39, 0.29) is 42.3 Å². The van der Waals surface area contributed by atoms with Gasteiger partial charge in [-0.05, 0) is 37.6 Å². The van der Waals surface area contributed by atoms with Gasteiger partial charge in [0.25, 0.3) is 0 Å². The van der Waals surface area contributed by atoms with Crippen LogP contribution in [0.25, 0.3) is 0 Å². The summed E-state index contributed by atoms with van der Waals surface area (Å²) in [6, 6.07) is 4.74. The molecule has 1 aromatic carbocycles. The lowest BCUT2D eigenvalue weighted by Crippen LogP contribution is -2.62. The van der Waals surface area contributed by atoms with Crippen molar-refractivity contribution < 1.29 is 22.3 Å². The van der Waals surface area contributed by atoms with E-state index in [2.05, 4.69) is 5.32 Å². The number of ether oxygens (including phenoxy) is 1. The largest absolute Gasteiger partial charge is 0.369 e. The molecule has 1 unspecified atom stereocenters. The van der Waals surface area contributed by atoms with Gasteiger partial charge in [0.15, 0.2) is 0 Å². The summed E-state index contributed by atoms with van der Waals surface area (Å²) in [4.78, 5) is 14.1. The predicted molar refractivity (Wildman–Crippen MR) is 93.7 cm³/mol. The Morgan fingerprint density at radius 3 is 2.35 bits per heavy atom. The molecule has 0 radical (unpaired) electrons. The molecule has 26 heavy (non-hydrogen) atoms. The highest BCUT2D eigenvalue weighted by Crippen LogP contribution is 2.25. The van der Waals surface area contributed by atoms with E-state index < -0.39 is 15.8 Å². The van der Waals surface area contributed by atoms with Crippen molar-refractivity contribution >= 4 is 16.1 Å². The first-order valence-corrected chi connectivity index (χ1v) is 10.2. The number of rotatable bonds is 4. The van der Waals surface area contributed by atoms with Crippen molar-refractivity contribution in [1.29, 1.82) is 0 Å². The van der Waals surface area contributed by atoms with Gasteiger partial charge in [-0.3, -0.25) is 0 Å². The van der Waals surface area contributed by atoms with Crippen molar-refractivity contribution in [2.45, 2.75) is 43.4 Å². The van der Waals surface area contributed by atoms with Crippen molar-refractivity contribution in [2.24, 2.45) is 0 Å². The second-order valence-electron chi connectivity index (χ2n) is 6.82. The summed E-state index contributed by atoms with van der Waals surface area (Å²) in [6.07, 6.45) is 0.0907. The van der Waals surface area contributed by atoms with Gasteiger partial charge >= 0.3 is 6.03 Å². The molecule has 3 atom stereocenters. The number of hydrogen-bond acceptors (Lipinski definition) is 4. The zero-order valence-electron chi connectivity index (χ0n) is 14.9. The molecule has 2 fully saturated rings. The van der Waals surface area contributed by atoms with Gasteiger partial charge < -0.3 is 15.0 Å². The Bertz CT molecular complexity index is 742. The Labute approximate surface area is 153 Å². The van der Waals surface area contributed by atoms with Gasteiger partial charge in [0.1, 0.15) is 5.82 Å². The SMILES string of the molecule is CCC(C)NC(=O)N1C[C@@H]2CN(S(=O)(=O)c3ccc(F)cc3)C[C@H](C1)O2. The summed E-state index contributed by atoms with van der Waals surface area (Å²) in [6.45, 7) is 4.96. The highest BCUT2D eigenvalue weighted by atomic mass is 32.2. The summed E-state index contributed by atoms with van der Waals surface area (Å²) in [5.41, 5.74) is 0. The Morgan fingerprint density at radius 1 is 1.23 bits per heavy atom. The molecule has 0 aromatic heterocycles. The maximum Gasteiger partial charge on any atom is 0.317 e. The minimum Gasteiger partial charge on any atom is -0.369 e.